The van der Waals surface area contributed by atoms with E-state index in [1.54, 1.807) is 67.6 Å². The molecule has 0 aliphatic heterocycles. The molecule has 3 N–H and O–H groups in total. The molecule has 31 heavy (non-hydrogen) atoms. The number of fused-ring (bicyclic) bond motifs is 1. The zero-order chi connectivity index (χ0) is 21.1. The number of aromatic nitrogens is 5. The minimum atomic E-state index is -0.245. The van der Waals surface area contributed by atoms with Crippen LogP contribution in [-0.2, 0) is 11.3 Å². The van der Waals surface area contributed by atoms with Crippen molar-refractivity contribution >= 4 is 40.9 Å². The number of anilines is 3. The van der Waals surface area contributed by atoms with Crippen molar-refractivity contribution in [3.63, 3.8) is 0 Å². The van der Waals surface area contributed by atoms with Gasteiger partial charge in [0.05, 0.1) is 44.0 Å². The number of rotatable bonds is 7. The molecule has 3 aromatic heterocycles. The molecular weight excluding hydrogens is 422 g/mol. The van der Waals surface area contributed by atoms with E-state index in [9.17, 15) is 4.79 Å². The Morgan fingerprint density at radius 2 is 1.97 bits per heavy atom. The number of methoxy groups -OCH3 is 2. The van der Waals surface area contributed by atoms with Crippen LogP contribution in [-0.4, -0.2) is 44.9 Å². The fourth-order valence-electron chi connectivity index (χ4n) is 3.10. The molecule has 0 bridgehead atoms. The molecule has 162 valence electrons. The summed E-state index contributed by atoms with van der Waals surface area (Å²) in [6, 6.07) is 10.6. The van der Waals surface area contributed by atoms with Gasteiger partial charge < -0.3 is 20.5 Å². The maximum Gasteiger partial charge on any atom is 0.335 e. The Balaban J connectivity index is 0.00000272. The van der Waals surface area contributed by atoms with Crippen molar-refractivity contribution in [2.45, 2.75) is 6.54 Å². The van der Waals surface area contributed by atoms with Gasteiger partial charge in [0, 0.05) is 18.9 Å². The van der Waals surface area contributed by atoms with Crippen LogP contribution in [0.4, 0.5) is 17.3 Å². The number of imidazole rings is 1. The first-order chi connectivity index (χ1) is 14.6. The summed E-state index contributed by atoms with van der Waals surface area (Å²) in [6.07, 6.45) is 3.22. The van der Waals surface area contributed by atoms with Crippen LogP contribution in [0.3, 0.4) is 0 Å². The second kappa shape index (κ2) is 9.45. The van der Waals surface area contributed by atoms with Gasteiger partial charge in [-0.2, -0.15) is 4.98 Å². The van der Waals surface area contributed by atoms with Gasteiger partial charge in [-0.05, 0) is 24.3 Å². The highest BCUT2D eigenvalue weighted by molar-refractivity contribution is 5.85. The fourth-order valence-corrected chi connectivity index (χ4v) is 3.10. The maximum absolute atomic E-state index is 13.2. The Bertz CT molecular complexity index is 1240. The summed E-state index contributed by atoms with van der Waals surface area (Å²) >= 11 is 0. The molecule has 0 unspecified atom stereocenters. The van der Waals surface area contributed by atoms with Gasteiger partial charge in [-0.3, -0.25) is 4.57 Å². The van der Waals surface area contributed by atoms with Crippen LogP contribution < -0.4 is 21.5 Å². The van der Waals surface area contributed by atoms with Crippen molar-refractivity contribution < 1.29 is 9.47 Å². The highest BCUT2D eigenvalue weighted by atomic mass is 35.5. The Morgan fingerprint density at radius 3 is 2.65 bits per heavy atom. The van der Waals surface area contributed by atoms with E-state index >= 15 is 0 Å². The number of nitrogens with zero attached hydrogens (tertiary/aromatic N) is 5. The first kappa shape index (κ1) is 22.1. The molecule has 0 radical (unpaired) electrons. The molecule has 4 aromatic rings. The molecule has 1 aromatic carbocycles. The smallest absolute Gasteiger partial charge is 0.335 e. The minimum Gasteiger partial charge on any atom is -0.481 e. The quantitative estimate of drug-likeness (QED) is 0.417. The van der Waals surface area contributed by atoms with Crippen molar-refractivity contribution in [1.29, 1.82) is 0 Å². The molecule has 0 fully saturated rings. The predicted octanol–water partition coefficient (Wildman–Crippen LogP) is 2.38. The summed E-state index contributed by atoms with van der Waals surface area (Å²) in [5.74, 6) is 0.832. The third-order valence-corrected chi connectivity index (χ3v) is 4.52. The molecule has 11 heteroatoms. The lowest BCUT2D eigenvalue weighted by Crippen LogP contribution is -2.24. The van der Waals surface area contributed by atoms with E-state index in [2.05, 4.69) is 20.3 Å². The van der Waals surface area contributed by atoms with E-state index in [1.807, 2.05) is 0 Å². The molecule has 0 aliphatic rings. The average Bonchev–Trinajstić information content (AvgIpc) is 3.03. The molecule has 0 spiro atoms. The van der Waals surface area contributed by atoms with Gasteiger partial charge in [-0.15, -0.1) is 12.4 Å². The summed E-state index contributed by atoms with van der Waals surface area (Å²) in [5.41, 5.74) is 8.60. The fraction of sp³-hybridized carbons (Fsp3) is 0.200. The van der Waals surface area contributed by atoms with Crippen molar-refractivity contribution in [3.05, 3.63) is 59.3 Å². The monoisotopic (exact) mass is 443 g/mol. The molecule has 0 atom stereocenters. The number of nitrogen functional groups attached to an aromatic ring is 1. The van der Waals surface area contributed by atoms with Gasteiger partial charge in [0.2, 0.25) is 11.8 Å². The zero-order valence-electron chi connectivity index (χ0n) is 17.0. The zero-order valence-corrected chi connectivity index (χ0v) is 17.8. The van der Waals surface area contributed by atoms with Gasteiger partial charge >= 0.3 is 5.69 Å². The lowest BCUT2D eigenvalue weighted by atomic mass is 10.3. The van der Waals surface area contributed by atoms with Crippen LogP contribution in [0.1, 0.15) is 0 Å². The Morgan fingerprint density at radius 1 is 1.13 bits per heavy atom. The minimum absolute atomic E-state index is 0. The van der Waals surface area contributed by atoms with Gasteiger partial charge in [-0.25, -0.2) is 19.3 Å². The van der Waals surface area contributed by atoms with Crippen LogP contribution >= 0.6 is 12.4 Å². The number of pyridine rings is 1. The Kier molecular flexibility index (Phi) is 6.73. The van der Waals surface area contributed by atoms with E-state index < -0.39 is 0 Å². The van der Waals surface area contributed by atoms with Gasteiger partial charge in [-0.1, -0.05) is 6.07 Å². The number of nitrogens with two attached hydrogens (primary N) is 1. The summed E-state index contributed by atoms with van der Waals surface area (Å²) in [6.45, 7) is 0.757. The molecule has 0 saturated heterocycles. The van der Waals surface area contributed by atoms with Gasteiger partial charge in [0.1, 0.15) is 5.52 Å². The molecular formula is C20H22ClN7O3. The third-order valence-electron chi connectivity index (χ3n) is 4.52. The Hall–Kier alpha value is -3.63. The summed E-state index contributed by atoms with van der Waals surface area (Å²) in [4.78, 5) is 26.3. The van der Waals surface area contributed by atoms with Crippen molar-refractivity contribution in [1.82, 2.24) is 24.1 Å². The Labute approximate surface area is 184 Å². The topological polar surface area (TPSA) is 122 Å². The number of hydrogen-bond acceptors (Lipinski definition) is 8. The van der Waals surface area contributed by atoms with E-state index in [0.29, 0.717) is 53.2 Å². The highest BCUT2D eigenvalue weighted by Crippen LogP contribution is 2.20. The van der Waals surface area contributed by atoms with Crippen molar-refractivity contribution in [2.24, 2.45) is 0 Å². The molecule has 0 amide bonds. The first-order valence-corrected chi connectivity index (χ1v) is 9.21. The second-order valence-electron chi connectivity index (χ2n) is 6.47. The van der Waals surface area contributed by atoms with Crippen LogP contribution in [0.5, 0.6) is 5.88 Å². The molecule has 4 rings (SSSR count). The SMILES string of the molecule is COCCn1c(=O)n(-c2cccc(N)c2)c2nc(Nc3ccc(OC)nc3)ncc21.Cl. The highest BCUT2D eigenvalue weighted by Gasteiger charge is 2.17. The lowest BCUT2D eigenvalue weighted by molar-refractivity contribution is 0.187. The number of ether oxygens (including phenoxy) is 2. The van der Waals surface area contributed by atoms with E-state index in [4.69, 9.17) is 15.2 Å². The predicted molar refractivity (Wildman–Crippen MR) is 121 cm³/mol. The van der Waals surface area contributed by atoms with E-state index in [1.165, 1.54) is 4.57 Å². The third kappa shape index (κ3) is 4.44. The first-order valence-electron chi connectivity index (χ1n) is 9.21. The largest absolute Gasteiger partial charge is 0.481 e. The molecule has 0 aliphatic carbocycles. The summed E-state index contributed by atoms with van der Waals surface area (Å²) in [7, 11) is 3.14. The van der Waals surface area contributed by atoms with Crippen LogP contribution in [0.15, 0.2) is 53.6 Å². The number of hydrogen-bond donors (Lipinski definition) is 2. The van der Waals surface area contributed by atoms with E-state index in [-0.39, 0.29) is 18.1 Å². The number of halogens is 1. The number of nitrogens with one attached hydrogen (secondary N) is 1. The lowest BCUT2D eigenvalue weighted by Gasteiger charge is -2.07. The second-order valence-corrected chi connectivity index (χ2v) is 6.47. The van der Waals surface area contributed by atoms with Crippen LogP contribution in [0.25, 0.3) is 16.9 Å². The van der Waals surface area contributed by atoms with Crippen molar-refractivity contribution in [3.8, 4) is 11.6 Å². The van der Waals surface area contributed by atoms with Crippen LogP contribution in [0, 0.1) is 0 Å². The summed E-state index contributed by atoms with van der Waals surface area (Å²) in [5, 5.41) is 3.10. The van der Waals surface area contributed by atoms with Crippen LogP contribution in [0.2, 0.25) is 0 Å². The molecule has 3 heterocycles. The van der Waals surface area contributed by atoms with E-state index in [0.717, 1.165) is 0 Å². The normalized spacial score (nSPS) is 10.6. The molecule has 10 nitrogen and oxygen atoms in total. The maximum atomic E-state index is 13.2. The summed E-state index contributed by atoms with van der Waals surface area (Å²) < 4.78 is 13.3. The average molecular weight is 444 g/mol. The van der Waals surface area contributed by atoms with Gasteiger partial charge in [0.15, 0.2) is 5.65 Å². The molecule has 0 saturated carbocycles. The number of benzene rings is 1. The standard InChI is InChI=1S/C20H21N7O3.ClH/c1-29-9-8-26-16-12-23-19(24-14-6-7-17(30-2)22-11-14)25-18(16)27(20(26)28)15-5-3-4-13(21)10-15;/h3-7,10-12H,8-9,21H2,1-2H3,(H,23,24,25);1H. The van der Waals surface area contributed by atoms with Crippen molar-refractivity contribution in [2.75, 3.05) is 31.9 Å². The van der Waals surface area contributed by atoms with Gasteiger partial charge in [0.25, 0.3) is 0 Å².